The van der Waals surface area contributed by atoms with E-state index in [1.165, 1.54) is 6.42 Å². The van der Waals surface area contributed by atoms with Gasteiger partial charge in [0.2, 0.25) is 0 Å². The van der Waals surface area contributed by atoms with Crippen molar-refractivity contribution in [3.05, 3.63) is 11.1 Å². The number of hydrogen-bond donors (Lipinski definition) is 0. The quantitative estimate of drug-likeness (QED) is 0.656. The Kier molecular flexibility index (Phi) is 4.85. The van der Waals surface area contributed by atoms with Crippen molar-refractivity contribution >= 4 is 0 Å². The van der Waals surface area contributed by atoms with Gasteiger partial charge in [-0.25, -0.2) is 0 Å². The average Bonchev–Trinajstić information content (AvgIpc) is 2.24. The van der Waals surface area contributed by atoms with Crippen molar-refractivity contribution in [3.63, 3.8) is 0 Å². The fraction of sp³-hybridized carbons (Fsp3) is 0.750. The van der Waals surface area contributed by atoms with Crippen molar-refractivity contribution in [3.8, 4) is 6.07 Å². The lowest BCUT2D eigenvalue weighted by atomic mass is 9.89. The second kappa shape index (κ2) is 5.93. The Morgan fingerprint density at radius 2 is 1.81 bits per heavy atom. The molecule has 0 radical (unpaired) electrons. The molecule has 1 nitrogen and oxygen atoms in total. The van der Waals surface area contributed by atoms with E-state index in [1.807, 2.05) is 0 Å². The van der Waals surface area contributed by atoms with Crippen LogP contribution >= 0.6 is 0 Å². The Morgan fingerprint density at radius 1 is 1.19 bits per heavy atom. The van der Waals surface area contributed by atoms with Crippen molar-refractivity contribution in [1.82, 2.24) is 0 Å². The molecule has 1 fully saturated rings. The molecule has 0 spiro atoms. The number of hydrogen-bond acceptors (Lipinski definition) is 1. The molecule has 0 aliphatic heterocycles. The molecule has 0 bridgehead atoms. The fourth-order valence-corrected chi connectivity index (χ4v) is 2.06. The molecule has 1 aliphatic carbocycles. The van der Waals surface area contributed by atoms with Crippen molar-refractivity contribution in [2.45, 2.75) is 57.5 Å². The largest absolute Gasteiger partial charge is 0.389 e. The van der Waals surface area contributed by atoms with Gasteiger partial charge in [0.05, 0.1) is 6.07 Å². The summed E-state index contributed by atoms with van der Waals surface area (Å²) in [5, 5.41) is 8.92. The standard InChI is InChI=1S/C12H16F3N/c13-12(14,15)8-4-7-11(9-16)10-5-2-1-3-6-10/h1-8H2. The maximum Gasteiger partial charge on any atom is 0.389 e. The zero-order chi connectivity index (χ0) is 12.0. The maximum atomic E-state index is 12.0. The van der Waals surface area contributed by atoms with E-state index in [0.29, 0.717) is 5.57 Å². The molecule has 0 atom stereocenters. The van der Waals surface area contributed by atoms with E-state index in [4.69, 9.17) is 5.26 Å². The third kappa shape index (κ3) is 4.69. The second-order valence-electron chi connectivity index (χ2n) is 4.22. The van der Waals surface area contributed by atoms with Gasteiger partial charge in [0.1, 0.15) is 0 Å². The monoisotopic (exact) mass is 231 g/mol. The highest BCUT2D eigenvalue weighted by atomic mass is 19.4. The summed E-state index contributed by atoms with van der Waals surface area (Å²) in [4.78, 5) is 0. The van der Waals surface area contributed by atoms with Gasteiger partial charge in [-0.05, 0) is 38.5 Å². The van der Waals surface area contributed by atoms with Crippen LogP contribution in [0.2, 0.25) is 0 Å². The summed E-state index contributed by atoms with van der Waals surface area (Å²) in [5.74, 6) is 0. The Balaban J connectivity index is 2.46. The third-order valence-electron chi connectivity index (χ3n) is 2.91. The van der Waals surface area contributed by atoms with Crippen LogP contribution in [0, 0.1) is 11.3 Å². The highest BCUT2D eigenvalue weighted by Gasteiger charge is 2.26. The minimum absolute atomic E-state index is 0.0376. The van der Waals surface area contributed by atoms with Crippen LogP contribution in [0.4, 0.5) is 13.2 Å². The molecule has 1 aliphatic rings. The molecule has 0 saturated heterocycles. The molecular weight excluding hydrogens is 215 g/mol. The zero-order valence-electron chi connectivity index (χ0n) is 9.24. The van der Waals surface area contributed by atoms with Gasteiger partial charge < -0.3 is 0 Å². The molecule has 0 heterocycles. The van der Waals surface area contributed by atoms with Crippen LogP contribution in [0.15, 0.2) is 11.1 Å². The Labute approximate surface area is 93.9 Å². The van der Waals surface area contributed by atoms with Gasteiger partial charge in [-0.3, -0.25) is 0 Å². The highest BCUT2D eigenvalue weighted by Crippen LogP contribution is 2.29. The first-order valence-corrected chi connectivity index (χ1v) is 5.70. The van der Waals surface area contributed by atoms with Crippen molar-refractivity contribution in [2.75, 3.05) is 0 Å². The molecule has 0 aromatic carbocycles. The number of halogens is 3. The molecule has 1 saturated carbocycles. The molecule has 0 amide bonds. The minimum atomic E-state index is -4.10. The second-order valence-corrected chi connectivity index (χ2v) is 4.22. The van der Waals surface area contributed by atoms with Crippen LogP contribution in [-0.4, -0.2) is 6.18 Å². The molecule has 16 heavy (non-hydrogen) atoms. The van der Waals surface area contributed by atoms with Gasteiger partial charge in [0, 0.05) is 12.0 Å². The Hall–Kier alpha value is -0.980. The smallest absolute Gasteiger partial charge is 0.193 e. The van der Waals surface area contributed by atoms with Gasteiger partial charge in [-0.1, -0.05) is 12.0 Å². The topological polar surface area (TPSA) is 23.8 Å². The van der Waals surface area contributed by atoms with Crippen LogP contribution in [-0.2, 0) is 0 Å². The normalized spacial score (nSPS) is 17.0. The predicted octanol–water partition coefficient (Wildman–Crippen LogP) is 4.50. The predicted molar refractivity (Wildman–Crippen MR) is 55.6 cm³/mol. The lowest BCUT2D eigenvalue weighted by molar-refractivity contribution is -0.135. The van der Waals surface area contributed by atoms with Gasteiger partial charge in [-0.2, -0.15) is 18.4 Å². The van der Waals surface area contributed by atoms with Crippen molar-refractivity contribution < 1.29 is 13.2 Å². The Bertz CT molecular complexity index is 288. The molecule has 0 N–H and O–H groups in total. The third-order valence-corrected chi connectivity index (χ3v) is 2.91. The summed E-state index contributed by atoms with van der Waals surface area (Å²) >= 11 is 0. The van der Waals surface area contributed by atoms with E-state index in [-0.39, 0.29) is 12.8 Å². The first-order chi connectivity index (χ1) is 7.53. The number of nitrogens with zero attached hydrogens (tertiary/aromatic N) is 1. The SMILES string of the molecule is N#CC(CCCC(F)(F)F)=C1CCCCC1. The van der Waals surface area contributed by atoms with Crippen molar-refractivity contribution in [2.24, 2.45) is 0 Å². The van der Waals surface area contributed by atoms with E-state index in [0.717, 1.165) is 31.3 Å². The summed E-state index contributed by atoms with van der Waals surface area (Å²) < 4.78 is 35.9. The van der Waals surface area contributed by atoms with E-state index in [1.54, 1.807) is 0 Å². The van der Waals surface area contributed by atoms with E-state index < -0.39 is 12.6 Å². The highest BCUT2D eigenvalue weighted by molar-refractivity contribution is 5.28. The van der Waals surface area contributed by atoms with Gasteiger partial charge in [0.15, 0.2) is 0 Å². The lowest BCUT2D eigenvalue weighted by Gasteiger charge is -2.15. The molecule has 0 aromatic heterocycles. The van der Waals surface area contributed by atoms with Crippen molar-refractivity contribution in [1.29, 1.82) is 5.26 Å². The number of rotatable bonds is 3. The van der Waals surface area contributed by atoms with Gasteiger partial charge >= 0.3 is 6.18 Å². The van der Waals surface area contributed by atoms with E-state index in [9.17, 15) is 13.2 Å². The van der Waals surface area contributed by atoms with Gasteiger partial charge in [0.25, 0.3) is 0 Å². The van der Waals surface area contributed by atoms with E-state index in [2.05, 4.69) is 6.07 Å². The first-order valence-electron chi connectivity index (χ1n) is 5.70. The van der Waals surface area contributed by atoms with E-state index >= 15 is 0 Å². The summed E-state index contributed by atoms with van der Waals surface area (Å²) in [6.07, 6.45) is 0.540. The summed E-state index contributed by atoms with van der Waals surface area (Å²) in [7, 11) is 0. The van der Waals surface area contributed by atoms with Crippen LogP contribution in [0.1, 0.15) is 51.4 Å². The molecule has 4 heteroatoms. The minimum Gasteiger partial charge on any atom is -0.193 e. The summed E-state index contributed by atoms with van der Waals surface area (Å²) in [5.41, 5.74) is 1.69. The maximum absolute atomic E-state index is 12.0. The first kappa shape index (κ1) is 13.1. The number of allylic oxidation sites excluding steroid dienone is 2. The number of alkyl halides is 3. The molecule has 1 rings (SSSR count). The lowest BCUT2D eigenvalue weighted by Crippen LogP contribution is -2.07. The number of nitriles is 1. The molecule has 90 valence electrons. The molecule has 0 aromatic rings. The van der Waals surface area contributed by atoms with Crippen LogP contribution in [0.5, 0.6) is 0 Å². The Morgan fingerprint density at radius 3 is 2.31 bits per heavy atom. The summed E-state index contributed by atoms with van der Waals surface area (Å²) in [6, 6.07) is 2.07. The fourth-order valence-electron chi connectivity index (χ4n) is 2.06. The average molecular weight is 231 g/mol. The van der Waals surface area contributed by atoms with Crippen LogP contribution in [0.25, 0.3) is 0 Å². The van der Waals surface area contributed by atoms with Gasteiger partial charge in [-0.15, -0.1) is 0 Å². The zero-order valence-corrected chi connectivity index (χ0v) is 9.24. The van der Waals surface area contributed by atoms with Crippen LogP contribution < -0.4 is 0 Å². The van der Waals surface area contributed by atoms with Crippen LogP contribution in [0.3, 0.4) is 0 Å². The summed E-state index contributed by atoms with van der Waals surface area (Å²) in [6.45, 7) is 0. The molecule has 0 unspecified atom stereocenters. The molecular formula is C12H16F3N.